The van der Waals surface area contributed by atoms with Gasteiger partial charge in [0.25, 0.3) is 0 Å². The smallest absolute Gasteiger partial charge is 0.404 e. The van der Waals surface area contributed by atoms with E-state index in [0.717, 1.165) is 19.3 Å². The van der Waals surface area contributed by atoms with Crippen LogP contribution in [0.5, 0.6) is 0 Å². The first-order valence-corrected chi connectivity index (χ1v) is 3.66. The average molecular weight is 145 g/mol. The molecule has 0 aromatic heterocycles. The maximum atomic E-state index is 10.1. The summed E-state index contributed by atoms with van der Waals surface area (Å²) in [6.45, 7) is 3.97. The average Bonchev–Trinajstić information content (AvgIpc) is 1.82. The zero-order valence-electron chi connectivity index (χ0n) is 6.55. The molecule has 1 unspecified atom stereocenters. The SMILES string of the molecule is CCCCC(C)NC(=O)O. The van der Waals surface area contributed by atoms with Gasteiger partial charge in [-0.25, -0.2) is 4.79 Å². The molecule has 0 spiro atoms. The van der Waals surface area contributed by atoms with E-state index in [4.69, 9.17) is 5.11 Å². The molecule has 60 valence electrons. The lowest BCUT2D eigenvalue weighted by molar-refractivity contribution is 0.190. The maximum absolute atomic E-state index is 10.1. The van der Waals surface area contributed by atoms with Gasteiger partial charge in [-0.2, -0.15) is 0 Å². The van der Waals surface area contributed by atoms with Gasteiger partial charge < -0.3 is 10.4 Å². The second-order valence-corrected chi connectivity index (χ2v) is 2.49. The highest BCUT2D eigenvalue weighted by Crippen LogP contribution is 1.98. The molecule has 1 atom stereocenters. The minimum Gasteiger partial charge on any atom is -0.465 e. The fraction of sp³-hybridized carbons (Fsp3) is 0.857. The van der Waals surface area contributed by atoms with Crippen molar-refractivity contribution in [3.63, 3.8) is 0 Å². The van der Waals surface area contributed by atoms with Gasteiger partial charge in [0.05, 0.1) is 0 Å². The van der Waals surface area contributed by atoms with Crippen LogP contribution in [0.15, 0.2) is 0 Å². The zero-order valence-corrected chi connectivity index (χ0v) is 6.55. The molecule has 1 amide bonds. The second kappa shape index (κ2) is 5.09. The predicted molar refractivity (Wildman–Crippen MR) is 40.1 cm³/mol. The first-order valence-electron chi connectivity index (χ1n) is 3.66. The summed E-state index contributed by atoms with van der Waals surface area (Å²) in [5.74, 6) is 0. The van der Waals surface area contributed by atoms with Crippen LogP contribution in [0.4, 0.5) is 4.79 Å². The van der Waals surface area contributed by atoms with E-state index in [-0.39, 0.29) is 6.04 Å². The molecule has 3 nitrogen and oxygen atoms in total. The highest BCUT2D eigenvalue weighted by Gasteiger charge is 2.02. The van der Waals surface area contributed by atoms with Crippen LogP contribution in [0.2, 0.25) is 0 Å². The summed E-state index contributed by atoms with van der Waals surface area (Å²) in [6, 6.07) is 0.0949. The van der Waals surface area contributed by atoms with E-state index in [1.54, 1.807) is 0 Å². The molecule has 2 N–H and O–H groups in total. The van der Waals surface area contributed by atoms with Crippen molar-refractivity contribution < 1.29 is 9.90 Å². The number of carboxylic acid groups (broad SMARTS) is 1. The van der Waals surface area contributed by atoms with Crippen molar-refractivity contribution in [1.82, 2.24) is 5.32 Å². The lowest BCUT2D eigenvalue weighted by atomic mass is 10.1. The van der Waals surface area contributed by atoms with E-state index in [0.29, 0.717) is 0 Å². The van der Waals surface area contributed by atoms with Crippen molar-refractivity contribution in [2.24, 2.45) is 0 Å². The number of nitrogens with one attached hydrogen (secondary N) is 1. The van der Waals surface area contributed by atoms with Gasteiger partial charge in [-0.15, -0.1) is 0 Å². The van der Waals surface area contributed by atoms with Crippen LogP contribution in [0, 0.1) is 0 Å². The number of rotatable bonds is 4. The third-order valence-corrected chi connectivity index (χ3v) is 1.36. The van der Waals surface area contributed by atoms with Gasteiger partial charge >= 0.3 is 6.09 Å². The highest BCUT2D eigenvalue weighted by atomic mass is 16.4. The Morgan fingerprint density at radius 2 is 2.30 bits per heavy atom. The first-order chi connectivity index (χ1) is 4.66. The van der Waals surface area contributed by atoms with Crippen LogP contribution in [0.25, 0.3) is 0 Å². The van der Waals surface area contributed by atoms with Gasteiger partial charge in [0, 0.05) is 6.04 Å². The monoisotopic (exact) mass is 145 g/mol. The molecule has 0 bridgehead atoms. The van der Waals surface area contributed by atoms with Gasteiger partial charge in [-0.3, -0.25) is 0 Å². The Morgan fingerprint density at radius 1 is 1.70 bits per heavy atom. The van der Waals surface area contributed by atoms with Crippen LogP contribution in [-0.2, 0) is 0 Å². The number of amides is 1. The maximum Gasteiger partial charge on any atom is 0.404 e. The molecular formula is C7H15NO2. The predicted octanol–water partition coefficient (Wildman–Crippen LogP) is 1.83. The summed E-state index contributed by atoms with van der Waals surface area (Å²) in [4.78, 5) is 10.1. The highest BCUT2D eigenvalue weighted by molar-refractivity contribution is 5.64. The Balaban J connectivity index is 3.25. The Labute approximate surface area is 61.4 Å². The minimum atomic E-state index is -0.927. The first kappa shape index (κ1) is 9.27. The van der Waals surface area contributed by atoms with E-state index >= 15 is 0 Å². The number of hydrogen-bond donors (Lipinski definition) is 2. The van der Waals surface area contributed by atoms with E-state index < -0.39 is 6.09 Å². The van der Waals surface area contributed by atoms with Crippen LogP contribution in [0.1, 0.15) is 33.1 Å². The summed E-state index contributed by atoms with van der Waals surface area (Å²) in [5, 5.41) is 10.7. The quantitative estimate of drug-likeness (QED) is 0.634. The third kappa shape index (κ3) is 5.41. The molecule has 0 saturated carbocycles. The van der Waals surface area contributed by atoms with Crippen LogP contribution < -0.4 is 5.32 Å². The third-order valence-electron chi connectivity index (χ3n) is 1.36. The van der Waals surface area contributed by atoms with Crippen LogP contribution in [-0.4, -0.2) is 17.2 Å². The topological polar surface area (TPSA) is 49.3 Å². The minimum absolute atomic E-state index is 0.0949. The van der Waals surface area contributed by atoms with E-state index in [1.165, 1.54) is 0 Å². The zero-order chi connectivity index (χ0) is 7.98. The summed E-state index contributed by atoms with van der Waals surface area (Å²) in [5.41, 5.74) is 0. The Kier molecular flexibility index (Phi) is 4.72. The number of hydrogen-bond acceptors (Lipinski definition) is 1. The van der Waals surface area contributed by atoms with E-state index in [1.807, 2.05) is 6.92 Å². The van der Waals surface area contributed by atoms with E-state index in [9.17, 15) is 4.79 Å². The van der Waals surface area contributed by atoms with Gasteiger partial charge in [0.15, 0.2) is 0 Å². The van der Waals surface area contributed by atoms with Crippen molar-refractivity contribution in [2.75, 3.05) is 0 Å². The molecule has 3 heteroatoms. The molecule has 0 fully saturated rings. The summed E-state index contributed by atoms with van der Waals surface area (Å²) >= 11 is 0. The molecule has 0 aliphatic carbocycles. The lowest BCUT2D eigenvalue weighted by Gasteiger charge is -2.09. The molecule has 0 aromatic rings. The molecule has 0 aromatic carbocycles. The largest absolute Gasteiger partial charge is 0.465 e. The van der Waals surface area contributed by atoms with Crippen LogP contribution >= 0.6 is 0 Å². The fourth-order valence-electron chi connectivity index (χ4n) is 0.793. The molecular weight excluding hydrogens is 130 g/mol. The van der Waals surface area contributed by atoms with Gasteiger partial charge in [-0.1, -0.05) is 19.8 Å². The van der Waals surface area contributed by atoms with Gasteiger partial charge in [0.2, 0.25) is 0 Å². The van der Waals surface area contributed by atoms with Crippen molar-refractivity contribution in [1.29, 1.82) is 0 Å². The number of unbranched alkanes of at least 4 members (excludes halogenated alkanes) is 1. The molecule has 0 radical (unpaired) electrons. The molecule has 0 heterocycles. The molecule has 0 aliphatic heterocycles. The number of carbonyl (C=O) groups is 1. The fourth-order valence-corrected chi connectivity index (χ4v) is 0.793. The van der Waals surface area contributed by atoms with Gasteiger partial charge in [0.1, 0.15) is 0 Å². The van der Waals surface area contributed by atoms with Crippen molar-refractivity contribution in [2.45, 2.75) is 39.2 Å². The van der Waals surface area contributed by atoms with Crippen molar-refractivity contribution in [3.05, 3.63) is 0 Å². The summed E-state index contributed by atoms with van der Waals surface area (Å²) in [6.07, 6.45) is 2.21. The summed E-state index contributed by atoms with van der Waals surface area (Å²) < 4.78 is 0. The molecule has 0 saturated heterocycles. The van der Waals surface area contributed by atoms with E-state index in [2.05, 4.69) is 12.2 Å². The normalized spacial score (nSPS) is 12.6. The van der Waals surface area contributed by atoms with Gasteiger partial charge in [-0.05, 0) is 13.3 Å². The Morgan fingerprint density at radius 3 is 2.70 bits per heavy atom. The van der Waals surface area contributed by atoms with Crippen molar-refractivity contribution >= 4 is 6.09 Å². The molecule has 0 aliphatic rings. The van der Waals surface area contributed by atoms with Crippen LogP contribution in [0.3, 0.4) is 0 Å². The standard InChI is InChI=1S/C7H15NO2/c1-3-4-5-6(2)8-7(9)10/h6,8H,3-5H2,1-2H3,(H,9,10). The second-order valence-electron chi connectivity index (χ2n) is 2.49. The molecule has 10 heavy (non-hydrogen) atoms. The van der Waals surface area contributed by atoms with Crippen molar-refractivity contribution in [3.8, 4) is 0 Å². The summed E-state index contributed by atoms with van der Waals surface area (Å²) in [7, 11) is 0. The Hall–Kier alpha value is -0.730. The lowest BCUT2D eigenvalue weighted by Crippen LogP contribution is -2.30. The Bertz CT molecular complexity index is 104. The molecule has 0 rings (SSSR count).